The Labute approximate surface area is 119 Å². The molecule has 0 aromatic heterocycles. The number of ether oxygens (including phenoxy) is 1. The number of sulfone groups is 1. The molecule has 2 rings (SSSR count). The normalized spacial score (nSPS) is 12.9. The number of hydrogen-bond acceptors (Lipinski definition) is 4. The Balaban J connectivity index is 1.98. The van der Waals surface area contributed by atoms with E-state index in [1.165, 1.54) is 18.4 Å². The molecule has 0 spiro atoms. The third-order valence-corrected chi connectivity index (χ3v) is 4.04. The largest absolute Gasteiger partial charge is 0.492 e. The van der Waals surface area contributed by atoms with E-state index in [0.29, 0.717) is 12.4 Å². The topological polar surface area (TPSA) is 69.4 Å². The van der Waals surface area contributed by atoms with Crippen LogP contribution < -0.4 is 10.5 Å². The van der Waals surface area contributed by atoms with Gasteiger partial charge in [-0.3, -0.25) is 0 Å². The van der Waals surface area contributed by atoms with E-state index in [9.17, 15) is 8.42 Å². The number of nitrogens with two attached hydrogens (primary N) is 1. The summed E-state index contributed by atoms with van der Waals surface area (Å²) in [6, 6.07) is 15.8. The Morgan fingerprint density at radius 2 is 1.65 bits per heavy atom. The Morgan fingerprint density at radius 1 is 1.05 bits per heavy atom. The highest BCUT2D eigenvalue weighted by Gasteiger charge is 2.08. The fraction of sp³-hybridized carbons (Fsp3) is 0.200. The van der Waals surface area contributed by atoms with Gasteiger partial charge in [0.15, 0.2) is 9.84 Å². The average Bonchev–Trinajstić information content (AvgIpc) is 2.45. The summed E-state index contributed by atoms with van der Waals surface area (Å²) in [7, 11) is -3.17. The fourth-order valence-corrected chi connectivity index (χ4v) is 2.40. The number of rotatable bonds is 5. The van der Waals surface area contributed by atoms with Gasteiger partial charge in [0.05, 0.1) is 10.9 Å². The molecule has 0 aliphatic carbocycles. The number of benzene rings is 2. The summed E-state index contributed by atoms with van der Waals surface area (Å²) in [6.45, 7) is 0.336. The molecular weight excluding hydrogens is 274 g/mol. The SMILES string of the molecule is CS(=O)(=O)c1ccc(OCC(N)c2ccccc2)cc1. The van der Waals surface area contributed by atoms with Gasteiger partial charge in [-0.1, -0.05) is 30.3 Å². The maximum atomic E-state index is 11.3. The van der Waals surface area contributed by atoms with Crippen LogP contribution in [0.25, 0.3) is 0 Å². The predicted octanol–water partition coefficient (Wildman–Crippen LogP) is 2.17. The first-order chi connectivity index (χ1) is 9.47. The summed E-state index contributed by atoms with van der Waals surface area (Å²) < 4.78 is 28.2. The van der Waals surface area contributed by atoms with Crippen molar-refractivity contribution in [3.05, 3.63) is 60.2 Å². The van der Waals surface area contributed by atoms with Gasteiger partial charge in [-0.2, -0.15) is 0 Å². The van der Waals surface area contributed by atoms with Crippen LogP contribution in [-0.4, -0.2) is 21.3 Å². The third kappa shape index (κ3) is 3.82. The Kier molecular flexibility index (Phi) is 4.42. The summed E-state index contributed by atoms with van der Waals surface area (Å²) in [4.78, 5) is 0.275. The van der Waals surface area contributed by atoms with Crippen LogP contribution in [0.4, 0.5) is 0 Å². The van der Waals surface area contributed by atoms with Gasteiger partial charge in [0.1, 0.15) is 12.4 Å². The molecule has 0 heterocycles. The molecule has 0 bridgehead atoms. The van der Waals surface area contributed by atoms with Crippen molar-refractivity contribution in [3.8, 4) is 5.75 Å². The van der Waals surface area contributed by atoms with Gasteiger partial charge in [0.2, 0.25) is 0 Å². The molecule has 1 atom stereocenters. The lowest BCUT2D eigenvalue weighted by Crippen LogP contribution is -2.18. The molecule has 2 aromatic carbocycles. The molecule has 0 saturated carbocycles. The second-order valence-corrected chi connectivity index (χ2v) is 6.59. The summed E-state index contributed by atoms with van der Waals surface area (Å²) in [5.41, 5.74) is 7.02. The molecule has 0 amide bonds. The minimum absolute atomic E-state index is 0.217. The summed E-state index contributed by atoms with van der Waals surface area (Å²) in [6.07, 6.45) is 1.17. The zero-order chi connectivity index (χ0) is 14.6. The molecule has 0 fully saturated rings. The third-order valence-electron chi connectivity index (χ3n) is 2.91. The first kappa shape index (κ1) is 14.6. The van der Waals surface area contributed by atoms with Crippen molar-refractivity contribution in [2.75, 3.05) is 12.9 Å². The maximum Gasteiger partial charge on any atom is 0.175 e. The molecule has 0 aliphatic rings. The first-order valence-corrected chi connectivity index (χ1v) is 8.09. The molecule has 2 N–H and O–H groups in total. The monoisotopic (exact) mass is 291 g/mol. The van der Waals surface area contributed by atoms with E-state index >= 15 is 0 Å². The Morgan fingerprint density at radius 3 is 2.20 bits per heavy atom. The molecule has 20 heavy (non-hydrogen) atoms. The van der Waals surface area contributed by atoms with Gasteiger partial charge in [-0.15, -0.1) is 0 Å². The van der Waals surface area contributed by atoms with Crippen LogP contribution in [0, 0.1) is 0 Å². The predicted molar refractivity (Wildman–Crippen MR) is 78.4 cm³/mol. The Bertz CT molecular complexity index is 651. The van der Waals surface area contributed by atoms with Crippen LogP contribution in [0.5, 0.6) is 5.75 Å². The van der Waals surface area contributed by atoms with E-state index in [4.69, 9.17) is 10.5 Å². The van der Waals surface area contributed by atoms with Crippen LogP contribution in [-0.2, 0) is 9.84 Å². The highest BCUT2D eigenvalue weighted by atomic mass is 32.2. The first-order valence-electron chi connectivity index (χ1n) is 6.20. The van der Waals surface area contributed by atoms with Gasteiger partial charge in [0.25, 0.3) is 0 Å². The van der Waals surface area contributed by atoms with Gasteiger partial charge in [-0.25, -0.2) is 8.42 Å². The molecule has 0 aliphatic heterocycles. The average molecular weight is 291 g/mol. The van der Waals surface area contributed by atoms with E-state index in [0.717, 1.165) is 5.56 Å². The molecule has 2 aromatic rings. The van der Waals surface area contributed by atoms with E-state index in [1.807, 2.05) is 30.3 Å². The summed E-state index contributed by atoms with van der Waals surface area (Å²) in [5, 5.41) is 0. The van der Waals surface area contributed by atoms with Crippen molar-refractivity contribution >= 4 is 9.84 Å². The van der Waals surface area contributed by atoms with Crippen molar-refractivity contribution in [1.82, 2.24) is 0 Å². The van der Waals surface area contributed by atoms with Crippen molar-refractivity contribution in [3.63, 3.8) is 0 Å². The molecule has 106 valence electrons. The van der Waals surface area contributed by atoms with Crippen molar-refractivity contribution in [2.45, 2.75) is 10.9 Å². The van der Waals surface area contributed by atoms with Crippen LogP contribution in [0.2, 0.25) is 0 Å². The van der Waals surface area contributed by atoms with E-state index in [1.54, 1.807) is 12.1 Å². The van der Waals surface area contributed by atoms with Crippen molar-refractivity contribution in [1.29, 1.82) is 0 Å². The lowest BCUT2D eigenvalue weighted by atomic mass is 10.1. The van der Waals surface area contributed by atoms with Gasteiger partial charge < -0.3 is 10.5 Å². The molecule has 0 saturated heterocycles. The van der Waals surface area contributed by atoms with Crippen molar-refractivity contribution < 1.29 is 13.2 Å². The minimum atomic E-state index is -3.17. The second-order valence-electron chi connectivity index (χ2n) is 4.57. The van der Waals surface area contributed by atoms with Crippen LogP contribution in [0.15, 0.2) is 59.5 Å². The van der Waals surface area contributed by atoms with E-state index in [-0.39, 0.29) is 10.9 Å². The lowest BCUT2D eigenvalue weighted by molar-refractivity contribution is 0.290. The van der Waals surface area contributed by atoms with E-state index < -0.39 is 9.84 Å². The smallest absolute Gasteiger partial charge is 0.175 e. The maximum absolute atomic E-state index is 11.3. The molecule has 1 unspecified atom stereocenters. The second kappa shape index (κ2) is 6.07. The fourth-order valence-electron chi connectivity index (χ4n) is 1.77. The van der Waals surface area contributed by atoms with Gasteiger partial charge in [0, 0.05) is 6.26 Å². The van der Waals surface area contributed by atoms with Gasteiger partial charge in [-0.05, 0) is 29.8 Å². The highest BCUT2D eigenvalue weighted by Crippen LogP contribution is 2.17. The molecule has 4 nitrogen and oxygen atoms in total. The van der Waals surface area contributed by atoms with Gasteiger partial charge >= 0.3 is 0 Å². The van der Waals surface area contributed by atoms with Crippen molar-refractivity contribution in [2.24, 2.45) is 5.73 Å². The van der Waals surface area contributed by atoms with E-state index in [2.05, 4.69) is 0 Å². The molecule has 5 heteroatoms. The molecule has 0 radical (unpaired) electrons. The molecular formula is C15H17NO3S. The zero-order valence-corrected chi connectivity index (χ0v) is 12.0. The summed E-state index contributed by atoms with van der Waals surface area (Å²) >= 11 is 0. The Hall–Kier alpha value is -1.85. The summed E-state index contributed by atoms with van der Waals surface area (Å²) in [5.74, 6) is 0.601. The van der Waals surface area contributed by atoms with Crippen LogP contribution in [0.3, 0.4) is 0 Å². The quantitative estimate of drug-likeness (QED) is 0.916. The minimum Gasteiger partial charge on any atom is -0.492 e. The van der Waals surface area contributed by atoms with Crippen LogP contribution >= 0.6 is 0 Å². The zero-order valence-electron chi connectivity index (χ0n) is 11.2. The van der Waals surface area contributed by atoms with Crippen LogP contribution in [0.1, 0.15) is 11.6 Å². The highest BCUT2D eigenvalue weighted by molar-refractivity contribution is 7.90. The number of hydrogen-bond donors (Lipinski definition) is 1. The lowest BCUT2D eigenvalue weighted by Gasteiger charge is -2.13. The standard InChI is InChI=1S/C15H17NO3S/c1-20(17,18)14-9-7-13(8-10-14)19-11-15(16)12-5-3-2-4-6-12/h2-10,15H,11,16H2,1H3.